The van der Waals surface area contributed by atoms with Crippen molar-refractivity contribution in [2.45, 2.75) is 31.2 Å². The minimum Gasteiger partial charge on any atom is -0.379 e. The van der Waals surface area contributed by atoms with E-state index < -0.39 is 10.1 Å². The van der Waals surface area contributed by atoms with Gasteiger partial charge in [0.2, 0.25) is 5.91 Å². The van der Waals surface area contributed by atoms with Gasteiger partial charge in [0.25, 0.3) is 0 Å². The summed E-state index contributed by atoms with van der Waals surface area (Å²) in [5, 5.41) is 0. The average molecular weight is 331 g/mol. The largest absolute Gasteiger partial charge is 0.379 e. The number of anilines is 1. The van der Waals surface area contributed by atoms with E-state index in [0.29, 0.717) is 6.42 Å². The molecule has 1 amide bonds. The molecule has 1 unspecified atom stereocenters. The summed E-state index contributed by atoms with van der Waals surface area (Å²) in [5.74, 6) is 0.221. The van der Waals surface area contributed by atoms with Crippen LogP contribution in [0.5, 0.6) is 5.75 Å². The molecule has 5 nitrogen and oxygen atoms in total. The van der Waals surface area contributed by atoms with Crippen LogP contribution in [0.2, 0.25) is 0 Å². The van der Waals surface area contributed by atoms with E-state index in [-0.39, 0.29) is 22.6 Å². The molecule has 1 atom stereocenters. The number of carbonyl (C=O) groups is 1. The molecule has 0 aromatic heterocycles. The van der Waals surface area contributed by atoms with E-state index in [4.69, 9.17) is 4.18 Å². The second-order valence-corrected chi connectivity index (χ2v) is 7.13. The minimum absolute atomic E-state index is 0.0236. The molecular formula is C17H17NO4S. The second kappa shape index (κ2) is 5.70. The van der Waals surface area contributed by atoms with Gasteiger partial charge < -0.3 is 9.08 Å². The van der Waals surface area contributed by atoms with Crippen molar-refractivity contribution in [2.24, 2.45) is 0 Å². The molecular weight excluding hydrogens is 314 g/mol. The molecule has 0 spiro atoms. The Bertz CT molecular complexity index is 846. The van der Waals surface area contributed by atoms with Crippen molar-refractivity contribution in [3.63, 3.8) is 0 Å². The highest BCUT2D eigenvalue weighted by Gasteiger charge is 2.30. The van der Waals surface area contributed by atoms with Crippen molar-refractivity contribution in [1.29, 1.82) is 0 Å². The maximum absolute atomic E-state index is 12.4. The van der Waals surface area contributed by atoms with Crippen LogP contribution in [0, 0.1) is 0 Å². The van der Waals surface area contributed by atoms with Crippen LogP contribution in [0.3, 0.4) is 0 Å². The van der Waals surface area contributed by atoms with Gasteiger partial charge in [0.1, 0.15) is 10.6 Å². The lowest BCUT2D eigenvalue weighted by Crippen LogP contribution is -2.33. The predicted octanol–water partition coefficient (Wildman–Crippen LogP) is 2.75. The fourth-order valence-corrected chi connectivity index (χ4v) is 3.88. The van der Waals surface area contributed by atoms with Crippen molar-refractivity contribution >= 4 is 21.7 Å². The van der Waals surface area contributed by atoms with Crippen LogP contribution in [0.1, 0.15) is 19.4 Å². The summed E-state index contributed by atoms with van der Waals surface area (Å²) in [6.45, 7) is 3.45. The zero-order valence-electron chi connectivity index (χ0n) is 12.9. The van der Waals surface area contributed by atoms with Gasteiger partial charge in [-0.3, -0.25) is 4.79 Å². The van der Waals surface area contributed by atoms with Gasteiger partial charge in [0.05, 0.1) is 0 Å². The summed E-state index contributed by atoms with van der Waals surface area (Å²) in [7, 11) is -3.89. The molecule has 6 heteroatoms. The van der Waals surface area contributed by atoms with E-state index in [0.717, 1.165) is 11.3 Å². The summed E-state index contributed by atoms with van der Waals surface area (Å²) >= 11 is 0. The fourth-order valence-electron chi connectivity index (χ4n) is 2.89. The molecule has 2 aromatic rings. The summed E-state index contributed by atoms with van der Waals surface area (Å²) in [6, 6.07) is 13.1. The number of nitrogens with zero attached hydrogens (tertiary/aromatic N) is 1. The number of fused-ring (bicyclic) bond motifs is 1. The van der Waals surface area contributed by atoms with Crippen LogP contribution in [-0.2, 0) is 21.3 Å². The van der Waals surface area contributed by atoms with Gasteiger partial charge in [-0.1, -0.05) is 18.2 Å². The molecule has 0 radical (unpaired) electrons. The minimum atomic E-state index is -3.89. The van der Waals surface area contributed by atoms with E-state index in [9.17, 15) is 13.2 Å². The van der Waals surface area contributed by atoms with Gasteiger partial charge >= 0.3 is 10.1 Å². The Labute approximate surface area is 135 Å². The fraction of sp³-hybridized carbons (Fsp3) is 0.235. The van der Waals surface area contributed by atoms with Gasteiger partial charge in [0.15, 0.2) is 0 Å². The number of hydrogen-bond acceptors (Lipinski definition) is 4. The molecule has 0 aliphatic carbocycles. The smallest absolute Gasteiger partial charge is 0.339 e. The Hall–Kier alpha value is -2.34. The molecule has 0 bridgehead atoms. The van der Waals surface area contributed by atoms with Crippen molar-refractivity contribution in [2.75, 3.05) is 4.90 Å². The van der Waals surface area contributed by atoms with Crippen LogP contribution in [-0.4, -0.2) is 20.4 Å². The Morgan fingerprint density at radius 2 is 1.87 bits per heavy atom. The number of rotatable bonds is 3. The first-order chi connectivity index (χ1) is 10.9. The second-order valence-electron chi connectivity index (χ2n) is 5.58. The average Bonchev–Trinajstić information content (AvgIpc) is 2.82. The number of benzene rings is 2. The monoisotopic (exact) mass is 331 g/mol. The highest BCUT2D eigenvalue weighted by molar-refractivity contribution is 7.87. The van der Waals surface area contributed by atoms with Gasteiger partial charge in [-0.05, 0) is 49.2 Å². The predicted molar refractivity (Wildman–Crippen MR) is 87.0 cm³/mol. The molecule has 2 aromatic carbocycles. The van der Waals surface area contributed by atoms with E-state index in [1.807, 2.05) is 6.92 Å². The normalized spacial score (nSPS) is 17.0. The van der Waals surface area contributed by atoms with Crippen molar-refractivity contribution in [1.82, 2.24) is 0 Å². The van der Waals surface area contributed by atoms with Crippen LogP contribution >= 0.6 is 0 Å². The molecule has 1 aliphatic heterocycles. The molecule has 0 saturated carbocycles. The third-order valence-electron chi connectivity index (χ3n) is 3.84. The van der Waals surface area contributed by atoms with Crippen molar-refractivity contribution < 1.29 is 17.4 Å². The molecule has 23 heavy (non-hydrogen) atoms. The third-order valence-corrected chi connectivity index (χ3v) is 5.09. The van der Waals surface area contributed by atoms with Crippen LogP contribution < -0.4 is 9.08 Å². The maximum atomic E-state index is 12.4. The van der Waals surface area contributed by atoms with Crippen molar-refractivity contribution in [3.8, 4) is 5.75 Å². The lowest BCUT2D eigenvalue weighted by atomic mass is 10.1. The van der Waals surface area contributed by atoms with Crippen LogP contribution in [0.4, 0.5) is 5.69 Å². The van der Waals surface area contributed by atoms with Crippen molar-refractivity contribution in [3.05, 3.63) is 54.1 Å². The van der Waals surface area contributed by atoms with Gasteiger partial charge in [-0.15, -0.1) is 0 Å². The lowest BCUT2D eigenvalue weighted by Gasteiger charge is -2.20. The first-order valence-electron chi connectivity index (χ1n) is 7.31. The zero-order valence-corrected chi connectivity index (χ0v) is 13.7. The quantitative estimate of drug-likeness (QED) is 0.811. The van der Waals surface area contributed by atoms with Crippen LogP contribution in [0.15, 0.2) is 53.4 Å². The first-order valence-corrected chi connectivity index (χ1v) is 8.71. The molecule has 0 fully saturated rings. The Kier molecular flexibility index (Phi) is 3.85. The van der Waals surface area contributed by atoms with Gasteiger partial charge in [-0.25, -0.2) is 0 Å². The van der Waals surface area contributed by atoms with E-state index in [1.165, 1.54) is 13.0 Å². The van der Waals surface area contributed by atoms with E-state index in [2.05, 4.69) is 0 Å². The van der Waals surface area contributed by atoms with E-state index >= 15 is 0 Å². The summed E-state index contributed by atoms with van der Waals surface area (Å²) in [6.07, 6.45) is 0.629. The molecule has 3 rings (SSSR count). The highest BCUT2D eigenvalue weighted by Crippen LogP contribution is 2.34. The molecule has 0 N–H and O–H groups in total. The third kappa shape index (κ3) is 2.94. The Morgan fingerprint density at radius 3 is 2.52 bits per heavy atom. The Balaban J connectivity index is 1.94. The summed E-state index contributed by atoms with van der Waals surface area (Å²) in [5.41, 5.74) is 1.61. The van der Waals surface area contributed by atoms with Gasteiger partial charge in [0, 0.05) is 18.7 Å². The van der Waals surface area contributed by atoms with E-state index in [1.54, 1.807) is 47.4 Å². The number of hydrogen-bond donors (Lipinski definition) is 0. The van der Waals surface area contributed by atoms with Gasteiger partial charge in [-0.2, -0.15) is 8.42 Å². The zero-order chi connectivity index (χ0) is 16.6. The number of amides is 1. The molecule has 1 heterocycles. The molecule has 1 aliphatic rings. The Morgan fingerprint density at radius 1 is 1.17 bits per heavy atom. The standard InChI is InChI=1S/C17H17NO4S/c1-12-10-14-11-16(8-9-17(14)18(12)13(2)19)23(20,21)22-15-6-4-3-5-7-15/h3-9,11-12H,10H2,1-2H3. The summed E-state index contributed by atoms with van der Waals surface area (Å²) in [4.78, 5) is 13.5. The first kappa shape index (κ1) is 15.6. The molecule has 0 saturated heterocycles. The molecule has 120 valence electrons. The highest BCUT2D eigenvalue weighted by atomic mass is 32.2. The maximum Gasteiger partial charge on any atom is 0.339 e. The van der Waals surface area contributed by atoms with Crippen LogP contribution in [0.25, 0.3) is 0 Å². The SMILES string of the molecule is CC(=O)N1c2ccc(S(=O)(=O)Oc3ccccc3)cc2CC1C. The number of carbonyl (C=O) groups excluding carboxylic acids is 1. The number of para-hydroxylation sites is 1. The summed E-state index contributed by atoms with van der Waals surface area (Å²) < 4.78 is 29.9. The topological polar surface area (TPSA) is 63.7 Å². The lowest BCUT2D eigenvalue weighted by molar-refractivity contribution is -0.116.